The van der Waals surface area contributed by atoms with E-state index in [1.807, 2.05) is 12.1 Å². The molecule has 0 fully saturated rings. The Kier molecular flexibility index (Phi) is 6.24. The summed E-state index contributed by atoms with van der Waals surface area (Å²) in [6, 6.07) is 8.29. The smallest absolute Gasteiger partial charge is 0.0352 e. The van der Waals surface area contributed by atoms with Crippen LogP contribution in [0.1, 0.15) is 71.3 Å². The number of nitrogen functional groups attached to an aromatic ring is 1. The molecule has 0 saturated carbocycles. The van der Waals surface area contributed by atoms with Gasteiger partial charge in [0.1, 0.15) is 0 Å². The van der Waals surface area contributed by atoms with Gasteiger partial charge in [-0.05, 0) is 23.5 Å². The van der Waals surface area contributed by atoms with Crippen LogP contribution in [0.25, 0.3) is 0 Å². The van der Waals surface area contributed by atoms with Crippen molar-refractivity contribution in [2.75, 3.05) is 5.73 Å². The molecular formula is C17H29N. The first-order valence-corrected chi connectivity index (χ1v) is 7.43. The molecule has 0 aliphatic carbocycles. The zero-order valence-corrected chi connectivity index (χ0v) is 12.3. The molecule has 0 aromatic heterocycles. The number of hydrogen-bond acceptors (Lipinski definition) is 1. The zero-order valence-electron chi connectivity index (χ0n) is 12.3. The average molecular weight is 247 g/mol. The van der Waals surface area contributed by atoms with Crippen molar-refractivity contribution in [3.63, 3.8) is 0 Å². The molecule has 18 heavy (non-hydrogen) atoms. The molecule has 0 radical (unpaired) electrons. The Balaban J connectivity index is 2.38. The summed E-state index contributed by atoms with van der Waals surface area (Å²) in [5.41, 5.74) is 8.52. The molecule has 0 spiro atoms. The second-order valence-electron chi connectivity index (χ2n) is 5.99. The van der Waals surface area contributed by atoms with Gasteiger partial charge in [-0.2, -0.15) is 0 Å². The fourth-order valence-corrected chi connectivity index (χ4v) is 2.60. The van der Waals surface area contributed by atoms with Crippen LogP contribution in [0.15, 0.2) is 24.3 Å². The maximum Gasteiger partial charge on any atom is 0.0352 e. The summed E-state index contributed by atoms with van der Waals surface area (Å²) < 4.78 is 0. The van der Waals surface area contributed by atoms with Crippen LogP contribution in [0.2, 0.25) is 0 Å². The van der Waals surface area contributed by atoms with Crippen molar-refractivity contribution in [1.82, 2.24) is 0 Å². The van der Waals surface area contributed by atoms with Crippen LogP contribution in [-0.4, -0.2) is 0 Å². The highest BCUT2D eigenvalue weighted by Gasteiger charge is 2.21. The van der Waals surface area contributed by atoms with E-state index in [-0.39, 0.29) is 5.41 Å². The minimum Gasteiger partial charge on any atom is -0.398 e. The van der Waals surface area contributed by atoms with Crippen LogP contribution < -0.4 is 5.73 Å². The summed E-state index contributed by atoms with van der Waals surface area (Å²) in [5.74, 6) is 0. The molecule has 0 aliphatic heterocycles. The third-order valence-corrected chi connectivity index (χ3v) is 3.85. The van der Waals surface area contributed by atoms with E-state index in [4.69, 9.17) is 5.73 Å². The third kappa shape index (κ3) is 4.72. The summed E-state index contributed by atoms with van der Waals surface area (Å²) in [6.45, 7) is 6.89. The van der Waals surface area contributed by atoms with E-state index in [0.717, 1.165) is 5.69 Å². The van der Waals surface area contributed by atoms with E-state index in [9.17, 15) is 0 Å². The summed E-state index contributed by atoms with van der Waals surface area (Å²) in [7, 11) is 0. The van der Waals surface area contributed by atoms with Crippen molar-refractivity contribution in [2.45, 2.75) is 71.1 Å². The van der Waals surface area contributed by atoms with Gasteiger partial charge in [-0.3, -0.25) is 0 Å². The van der Waals surface area contributed by atoms with E-state index in [1.165, 1.54) is 50.5 Å². The van der Waals surface area contributed by atoms with Crippen LogP contribution in [0.3, 0.4) is 0 Å². The van der Waals surface area contributed by atoms with E-state index < -0.39 is 0 Å². The molecular weight excluding hydrogens is 218 g/mol. The number of hydrogen-bond donors (Lipinski definition) is 1. The largest absolute Gasteiger partial charge is 0.398 e. The Labute approximate surface area is 113 Å². The Bertz CT molecular complexity index is 341. The van der Waals surface area contributed by atoms with Crippen molar-refractivity contribution in [1.29, 1.82) is 0 Å². The van der Waals surface area contributed by atoms with Gasteiger partial charge in [-0.15, -0.1) is 0 Å². The van der Waals surface area contributed by atoms with Gasteiger partial charge in [0.15, 0.2) is 0 Å². The van der Waals surface area contributed by atoms with E-state index in [1.54, 1.807) is 0 Å². The molecule has 0 aliphatic rings. The maximum absolute atomic E-state index is 6.08. The quantitative estimate of drug-likeness (QED) is 0.490. The van der Waals surface area contributed by atoms with Gasteiger partial charge in [0.2, 0.25) is 0 Å². The summed E-state index contributed by atoms with van der Waals surface area (Å²) >= 11 is 0. The second kappa shape index (κ2) is 7.45. The Morgan fingerprint density at radius 2 is 1.56 bits per heavy atom. The first-order valence-electron chi connectivity index (χ1n) is 7.43. The predicted octanol–water partition coefficient (Wildman–Crippen LogP) is 5.30. The van der Waals surface area contributed by atoms with Gasteiger partial charge in [-0.1, -0.05) is 77.5 Å². The molecule has 0 amide bonds. The molecule has 0 heterocycles. The maximum atomic E-state index is 6.08. The van der Waals surface area contributed by atoms with Crippen LogP contribution in [0.4, 0.5) is 5.69 Å². The fraction of sp³-hybridized carbons (Fsp3) is 0.647. The van der Waals surface area contributed by atoms with Gasteiger partial charge in [0.25, 0.3) is 0 Å². The lowest BCUT2D eigenvalue weighted by molar-refractivity contribution is 0.444. The zero-order chi connectivity index (χ0) is 13.4. The molecule has 102 valence electrons. The van der Waals surface area contributed by atoms with Gasteiger partial charge in [0.05, 0.1) is 0 Å². The normalized spacial score (nSPS) is 11.7. The molecule has 2 N–H and O–H groups in total. The Hall–Kier alpha value is -0.980. The van der Waals surface area contributed by atoms with Crippen molar-refractivity contribution >= 4 is 5.69 Å². The van der Waals surface area contributed by atoms with Crippen LogP contribution >= 0.6 is 0 Å². The van der Waals surface area contributed by atoms with Gasteiger partial charge in [0, 0.05) is 5.69 Å². The fourth-order valence-electron chi connectivity index (χ4n) is 2.60. The van der Waals surface area contributed by atoms with Gasteiger partial charge >= 0.3 is 0 Å². The topological polar surface area (TPSA) is 26.0 Å². The van der Waals surface area contributed by atoms with Crippen molar-refractivity contribution in [3.8, 4) is 0 Å². The monoisotopic (exact) mass is 247 g/mol. The molecule has 1 nitrogen and oxygen atoms in total. The highest BCUT2D eigenvalue weighted by atomic mass is 14.6. The van der Waals surface area contributed by atoms with E-state index >= 15 is 0 Å². The third-order valence-electron chi connectivity index (χ3n) is 3.85. The standard InChI is InChI=1S/C17H29N/c1-4-5-6-7-8-11-14-17(2,3)15-12-9-10-13-16(15)18/h9-10,12-13H,4-8,11,14,18H2,1-3H3. The number of unbranched alkanes of at least 4 members (excludes halogenated alkanes) is 5. The van der Waals surface area contributed by atoms with E-state index in [2.05, 4.69) is 32.9 Å². The number of rotatable bonds is 8. The molecule has 1 aromatic rings. The highest BCUT2D eigenvalue weighted by Crippen LogP contribution is 2.32. The van der Waals surface area contributed by atoms with Crippen molar-refractivity contribution in [3.05, 3.63) is 29.8 Å². The molecule has 1 aromatic carbocycles. The Morgan fingerprint density at radius 3 is 2.22 bits per heavy atom. The lowest BCUT2D eigenvalue weighted by atomic mass is 9.79. The lowest BCUT2D eigenvalue weighted by Crippen LogP contribution is -2.18. The van der Waals surface area contributed by atoms with E-state index in [0.29, 0.717) is 0 Å². The molecule has 1 rings (SSSR count). The van der Waals surface area contributed by atoms with Crippen molar-refractivity contribution < 1.29 is 0 Å². The van der Waals surface area contributed by atoms with Crippen LogP contribution in [-0.2, 0) is 5.41 Å². The summed E-state index contributed by atoms with van der Waals surface area (Å²) in [5, 5.41) is 0. The first kappa shape index (κ1) is 15.1. The van der Waals surface area contributed by atoms with Gasteiger partial charge < -0.3 is 5.73 Å². The average Bonchev–Trinajstić information content (AvgIpc) is 2.34. The minimum atomic E-state index is 0.204. The molecule has 1 heteroatoms. The molecule has 0 saturated heterocycles. The first-order chi connectivity index (χ1) is 8.58. The molecule has 0 unspecified atom stereocenters. The highest BCUT2D eigenvalue weighted by molar-refractivity contribution is 5.50. The number of para-hydroxylation sites is 1. The van der Waals surface area contributed by atoms with Crippen LogP contribution in [0.5, 0.6) is 0 Å². The summed E-state index contributed by atoms with van der Waals surface area (Å²) in [6.07, 6.45) is 9.38. The number of anilines is 1. The summed E-state index contributed by atoms with van der Waals surface area (Å²) in [4.78, 5) is 0. The Morgan fingerprint density at radius 1 is 0.944 bits per heavy atom. The van der Waals surface area contributed by atoms with Crippen LogP contribution in [0, 0.1) is 0 Å². The second-order valence-corrected chi connectivity index (χ2v) is 5.99. The SMILES string of the molecule is CCCCCCCCC(C)(C)c1ccccc1N. The van der Waals surface area contributed by atoms with Crippen molar-refractivity contribution in [2.24, 2.45) is 0 Å². The number of benzene rings is 1. The molecule has 0 bridgehead atoms. The lowest BCUT2D eigenvalue weighted by Gasteiger charge is -2.26. The van der Waals surface area contributed by atoms with Gasteiger partial charge in [-0.25, -0.2) is 0 Å². The minimum absolute atomic E-state index is 0.204. The number of nitrogens with two attached hydrogens (primary N) is 1. The predicted molar refractivity (Wildman–Crippen MR) is 81.9 cm³/mol. The molecule has 0 atom stereocenters.